The summed E-state index contributed by atoms with van der Waals surface area (Å²) in [4.78, 5) is 8.00. The molecule has 0 atom stereocenters. The van der Waals surface area contributed by atoms with Crippen LogP contribution < -0.4 is 0 Å². The Labute approximate surface area is 22.3 Å². The molecule has 0 amide bonds. The van der Waals surface area contributed by atoms with Crippen molar-refractivity contribution in [3.05, 3.63) is 10.1 Å². The van der Waals surface area contributed by atoms with Gasteiger partial charge in [0.05, 0.1) is 0 Å². The van der Waals surface area contributed by atoms with E-state index in [0.29, 0.717) is 0 Å². The van der Waals surface area contributed by atoms with Gasteiger partial charge in [-0.15, -0.1) is 5.34 Å². The molecular formula is H2NO3-. The van der Waals surface area contributed by atoms with Crippen LogP contribution in [-0.2, 0) is 0 Å². The minimum absolute atomic E-state index is 0. The van der Waals surface area contributed by atoms with Gasteiger partial charge in [-0.05, 0) is 0 Å². The van der Waals surface area contributed by atoms with Crippen LogP contribution in [0.25, 0.3) is 0 Å². The van der Waals surface area contributed by atoms with Crippen LogP contribution in [0.2, 0.25) is 0 Å². The molecule has 0 rings (SSSR count). The van der Waals surface area contributed by atoms with Crippen LogP contribution in [-0.4, -0.2) is 5.48 Å². The molecule has 4 nitrogen and oxygen atoms in total. The van der Waals surface area contributed by atoms with Crippen molar-refractivity contribution in [1.82, 2.24) is 0 Å². The Morgan fingerprint density at radius 2 is 1.75 bits per heavy atom. The molecule has 0 aliphatic carbocycles. The quantitative estimate of drug-likeness (QED) is 0.279. The summed E-state index contributed by atoms with van der Waals surface area (Å²) < 4.78 is 0. The number of rotatable bonds is 0. The van der Waals surface area contributed by atoms with E-state index < -0.39 is 0 Å². The highest BCUT2D eigenvalue weighted by Crippen LogP contribution is 1.34. The van der Waals surface area contributed by atoms with Gasteiger partial charge in [0, 0.05) is 0 Å². The van der Waals surface area contributed by atoms with Gasteiger partial charge in [0.1, 0.15) is 0 Å². The molecule has 0 spiro atoms. The predicted octanol–water partition coefficient (Wildman–Crippen LogP) is -0.574. The summed E-state index contributed by atoms with van der Waals surface area (Å²) in [6.45, 7) is 0. The van der Waals surface area contributed by atoms with Crippen LogP contribution in [0.5, 0.6) is 0 Å². The molecule has 26 valence electrons. The highest BCUT2D eigenvalue weighted by atomic mass is 16.6. The Morgan fingerprint density at radius 1 is 1.75 bits per heavy atom. The summed E-state index contributed by atoms with van der Waals surface area (Å²) in [5.41, 5.74) is 0. The lowest BCUT2D eigenvalue weighted by Crippen LogP contribution is -1.12. The maximum atomic E-state index is 8.00. The third-order valence-electron chi connectivity index (χ3n) is 0. The van der Waals surface area contributed by atoms with Crippen LogP contribution in [0.3, 0.4) is 0 Å². The molecule has 4 heavy (non-hydrogen) atoms. The van der Waals surface area contributed by atoms with E-state index >= 15 is 0 Å². The van der Waals surface area contributed by atoms with Crippen LogP contribution in [0.15, 0.2) is 5.34 Å². The molecule has 0 saturated heterocycles. The number of hydrogen-bond acceptors (Lipinski definition) is 3. The van der Waals surface area contributed by atoms with Gasteiger partial charge in [-0.25, -0.2) is 0 Å². The molecular weight excluding hydrogens is 62.0 g/mol. The minimum Gasteiger partial charge on any atom is -0.444 e. The fraction of sp³-hybridized carbons (Fsp3) is 0. The molecule has 0 fully saturated rings. The zero-order chi connectivity index (χ0) is 2.71. The second kappa shape index (κ2) is 33.7. The van der Waals surface area contributed by atoms with Crippen LogP contribution >= 0.6 is 0 Å². The van der Waals surface area contributed by atoms with Crippen molar-refractivity contribution in [3.63, 3.8) is 0 Å². The fourth-order valence-corrected chi connectivity index (χ4v) is 0. The van der Waals surface area contributed by atoms with E-state index in [2.05, 4.69) is 0 Å². The van der Waals surface area contributed by atoms with E-state index in [4.69, 9.17) is 10.1 Å². The third-order valence-corrected chi connectivity index (χ3v) is 0. The molecule has 0 aromatic carbocycles. The molecule has 0 radical (unpaired) electrons. The lowest BCUT2D eigenvalue weighted by molar-refractivity contribution is 0.824. The Morgan fingerprint density at radius 3 is 1.75 bits per heavy atom. The first-order chi connectivity index (χ1) is 1.41. The Balaban J connectivity index is 0. The molecule has 0 bridgehead atoms. The molecule has 0 saturated carbocycles. The summed E-state index contributed by atoms with van der Waals surface area (Å²) >= 11 is 0. The van der Waals surface area contributed by atoms with Crippen molar-refractivity contribution < 1.29 is 5.48 Å². The SMILES string of the molecule is O.O=N[O-]. The molecule has 0 unspecified atom stereocenters. The molecule has 0 aromatic heterocycles. The second-order valence-electron chi connectivity index (χ2n) is 0.0745. The van der Waals surface area contributed by atoms with Gasteiger partial charge >= 0.3 is 0 Å². The van der Waals surface area contributed by atoms with E-state index in [1.54, 1.807) is 0 Å². The Kier molecular flexibility index (Phi) is 85.2. The fourth-order valence-electron chi connectivity index (χ4n) is 0. The second-order valence-corrected chi connectivity index (χ2v) is 0.0745. The van der Waals surface area contributed by atoms with Crippen LogP contribution in [0, 0.1) is 10.1 Å². The number of hydrogen-bond donors (Lipinski definition) is 0. The Bertz CT molecular complexity index is 10.8. The highest BCUT2D eigenvalue weighted by molar-refractivity contribution is 4.21. The van der Waals surface area contributed by atoms with Crippen molar-refractivity contribution in [1.29, 1.82) is 0 Å². The van der Waals surface area contributed by atoms with Gasteiger partial charge < -0.3 is 15.6 Å². The minimum atomic E-state index is 0. The van der Waals surface area contributed by atoms with Crippen molar-refractivity contribution in [2.24, 2.45) is 5.34 Å². The first kappa shape index (κ1) is 10.1. The predicted molar refractivity (Wildman–Crippen MR) is 12.8 cm³/mol. The van der Waals surface area contributed by atoms with E-state index in [1.165, 1.54) is 0 Å². The van der Waals surface area contributed by atoms with E-state index in [0.717, 1.165) is 5.34 Å². The van der Waals surface area contributed by atoms with Gasteiger partial charge in [-0.3, -0.25) is 0 Å². The van der Waals surface area contributed by atoms with E-state index in [9.17, 15) is 0 Å². The third kappa shape index (κ3) is 0.430. The van der Waals surface area contributed by atoms with Gasteiger partial charge in [0.15, 0.2) is 0 Å². The highest BCUT2D eigenvalue weighted by Gasteiger charge is 0.958. The largest absolute Gasteiger partial charge is 0.444 e. The zero-order valence-corrected chi connectivity index (χ0v) is 1.76. The topological polar surface area (TPSA) is 84.0 Å². The van der Waals surface area contributed by atoms with Crippen LogP contribution in [0.4, 0.5) is 0 Å². The lowest BCUT2D eigenvalue weighted by atomic mass is 13.4. The molecule has 0 aliphatic heterocycles. The number of nitrogens with zero attached hydrogens (tertiary/aromatic N) is 1. The molecule has 0 aliphatic rings. The van der Waals surface area contributed by atoms with Crippen molar-refractivity contribution >= 4 is 0 Å². The summed E-state index contributed by atoms with van der Waals surface area (Å²) in [5.74, 6) is 0. The first-order valence-corrected chi connectivity index (χ1v) is 0.365. The summed E-state index contributed by atoms with van der Waals surface area (Å²) in [6, 6.07) is 0. The molecule has 0 heterocycles. The van der Waals surface area contributed by atoms with Gasteiger partial charge in [-0.1, -0.05) is 0 Å². The van der Waals surface area contributed by atoms with E-state index in [1.807, 2.05) is 0 Å². The maximum Gasteiger partial charge on any atom is -0.112 e. The summed E-state index contributed by atoms with van der Waals surface area (Å²) in [6.07, 6.45) is 0. The molecule has 0 aromatic rings. The van der Waals surface area contributed by atoms with Crippen molar-refractivity contribution in [3.8, 4) is 0 Å². The van der Waals surface area contributed by atoms with Gasteiger partial charge in [-0.2, -0.15) is 0 Å². The van der Waals surface area contributed by atoms with Gasteiger partial charge in [0.2, 0.25) is 0 Å². The van der Waals surface area contributed by atoms with E-state index in [-0.39, 0.29) is 5.48 Å². The standard InChI is InChI=1S/HNO2.H2O/c2-1-3;/h(H,2,3);1H2/p-1. The molecule has 4 heteroatoms. The monoisotopic (exact) mass is 64.0 g/mol. The maximum absolute atomic E-state index is 8.00. The average molecular weight is 64.0 g/mol. The van der Waals surface area contributed by atoms with Crippen molar-refractivity contribution in [2.45, 2.75) is 0 Å². The Hall–Kier alpha value is -0.640. The van der Waals surface area contributed by atoms with Crippen molar-refractivity contribution in [2.75, 3.05) is 0 Å². The molecule has 2 N–H and O–H groups in total. The zero-order valence-electron chi connectivity index (χ0n) is 1.76. The summed E-state index contributed by atoms with van der Waals surface area (Å²) in [7, 11) is 0. The summed E-state index contributed by atoms with van der Waals surface area (Å²) in [5, 5.41) is 9.00. The average Bonchev–Trinajstić information content (AvgIpc) is 0.918. The van der Waals surface area contributed by atoms with Crippen LogP contribution in [0.1, 0.15) is 0 Å². The normalized spacial score (nSPS) is 3.00. The van der Waals surface area contributed by atoms with Gasteiger partial charge in [0.25, 0.3) is 0 Å². The lowest BCUT2D eigenvalue weighted by Gasteiger charge is -1.51. The first-order valence-electron chi connectivity index (χ1n) is 0.365. The smallest absolute Gasteiger partial charge is 0.112 e.